The van der Waals surface area contributed by atoms with Crippen LogP contribution in [0.2, 0.25) is 0 Å². The van der Waals surface area contributed by atoms with Crippen molar-refractivity contribution < 1.29 is 13.2 Å². The normalized spacial score (nSPS) is 19.4. The Bertz CT molecular complexity index is 629. The van der Waals surface area contributed by atoms with Crippen molar-refractivity contribution in [3.8, 4) is 0 Å². The summed E-state index contributed by atoms with van der Waals surface area (Å²) < 4.78 is 26.3. The van der Waals surface area contributed by atoms with Crippen LogP contribution in [0.1, 0.15) is 25.8 Å². The summed E-state index contributed by atoms with van der Waals surface area (Å²) in [5.41, 5.74) is 1.57. The van der Waals surface area contributed by atoms with Gasteiger partial charge in [0.05, 0.1) is 4.90 Å². The molecule has 0 spiro atoms. The number of hydrogen-bond acceptors (Lipinski definition) is 3. The smallest absolute Gasteiger partial charge is 0.264 e. The van der Waals surface area contributed by atoms with Crippen LogP contribution in [-0.4, -0.2) is 24.5 Å². The summed E-state index contributed by atoms with van der Waals surface area (Å²) in [4.78, 5) is 11.6. The van der Waals surface area contributed by atoms with Gasteiger partial charge in [0, 0.05) is 17.8 Å². The Morgan fingerprint density at radius 1 is 1.26 bits per heavy atom. The predicted molar refractivity (Wildman–Crippen MR) is 73.0 cm³/mol. The number of carbonyl (C=O) groups is 1. The molecule has 0 saturated heterocycles. The number of ketones is 1. The van der Waals surface area contributed by atoms with Gasteiger partial charge in [-0.05, 0) is 39.3 Å². The lowest BCUT2D eigenvalue weighted by atomic mass is 10.1. The Kier molecular flexibility index (Phi) is 3.49. The minimum Gasteiger partial charge on any atom is -0.295 e. The molecule has 1 aromatic carbocycles. The van der Waals surface area contributed by atoms with Crippen LogP contribution in [0.15, 0.2) is 40.9 Å². The highest BCUT2D eigenvalue weighted by atomic mass is 32.2. The van der Waals surface area contributed by atoms with E-state index in [1.54, 1.807) is 31.2 Å². The average molecular weight is 279 g/mol. The van der Waals surface area contributed by atoms with E-state index in [4.69, 9.17) is 0 Å². The molecule has 1 aliphatic heterocycles. The topological polar surface area (TPSA) is 54.5 Å². The summed E-state index contributed by atoms with van der Waals surface area (Å²) in [5.74, 6) is -0.0755. The van der Waals surface area contributed by atoms with E-state index in [1.807, 2.05) is 6.92 Å². The van der Waals surface area contributed by atoms with Crippen LogP contribution in [0.5, 0.6) is 0 Å². The van der Waals surface area contributed by atoms with E-state index in [0.717, 1.165) is 5.56 Å². The van der Waals surface area contributed by atoms with Gasteiger partial charge in [0.15, 0.2) is 5.78 Å². The molecule has 5 heteroatoms. The summed E-state index contributed by atoms with van der Waals surface area (Å²) in [7, 11) is -3.57. The quantitative estimate of drug-likeness (QED) is 0.852. The molecule has 1 aromatic rings. The Balaban J connectivity index is 2.40. The van der Waals surface area contributed by atoms with E-state index in [0.29, 0.717) is 12.0 Å². The van der Waals surface area contributed by atoms with Crippen molar-refractivity contribution in [2.45, 2.75) is 38.1 Å². The van der Waals surface area contributed by atoms with Crippen molar-refractivity contribution in [1.82, 2.24) is 4.31 Å². The van der Waals surface area contributed by atoms with Gasteiger partial charge in [0.1, 0.15) is 0 Å². The summed E-state index contributed by atoms with van der Waals surface area (Å²) in [5, 5.41) is 0. The molecule has 0 aliphatic carbocycles. The zero-order valence-corrected chi connectivity index (χ0v) is 12.1. The van der Waals surface area contributed by atoms with Crippen LogP contribution < -0.4 is 0 Å². The second kappa shape index (κ2) is 4.81. The first-order valence-corrected chi connectivity index (χ1v) is 7.58. The monoisotopic (exact) mass is 279 g/mol. The van der Waals surface area contributed by atoms with Gasteiger partial charge in [-0.1, -0.05) is 17.7 Å². The van der Waals surface area contributed by atoms with Gasteiger partial charge < -0.3 is 0 Å². The number of rotatable bonds is 3. The highest BCUT2D eigenvalue weighted by Gasteiger charge is 2.32. The summed E-state index contributed by atoms with van der Waals surface area (Å²) in [6.07, 6.45) is 1.93. The predicted octanol–water partition coefficient (Wildman–Crippen LogP) is 2.25. The number of carbonyl (C=O) groups excluding carboxylic acids is 1. The van der Waals surface area contributed by atoms with Crippen LogP contribution in [0.3, 0.4) is 0 Å². The van der Waals surface area contributed by atoms with E-state index >= 15 is 0 Å². The maximum absolute atomic E-state index is 12.5. The molecule has 0 radical (unpaired) electrons. The lowest BCUT2D eigenvalue weighted by molar-refractivity contribution is -0.113. The fraction of sp³-hybridized carbons (Fsp3) is 0.357. The number of sulfonamides is 1. The number of aryl methyl sites for hydroxylation is 1. The van der Waals surface area contributed by atoms with Gasteiger partial charge in [-0.25, -0.2) is 8.42 Å². The summed E-state index contributed by atoms with van der Waals surface area (Å²) >= 11 is 0. The van der Waals surface area contributed by atoms with Gasteiger partial charge in [0.25, 0.3) is 10.0 Å². The SMILES string of the molecule is CC(=O)C1=CN(S(=O)(=O)c2ccc(C)cc2)C(C)C1. The van der Waals surface area contributed by atoms with Crippen LogP contribution >= 0.6 is 0 Å². The molecule has 0 amide bonds. The highest BCUT2D eigenvalue weighted by Crippen LogP contribution is 2.28. The van der Waals surface area contributed by atoms with Crippen molar-refractivity contribution >= 4 is 15.8 Å². The Morgan fingerprint density at radius 2 is 1.84 bits per heavy atom. The van der Waals surface area contributed by atoms with E-state index < -0.39 is 10.0 Å². The maximum Gasteiger partial charge on any atom is 0.264 e. The maximum atomic E-state index is 12.5. The third-order valence-corrected chi connectivity index (χ3v) is 5.17. The third-order valence-electron chi connectivity index (χ3n) is 3.28. The highest BCUT2D eigenvalue weighted by molar-refractivity contribution is 7.89. The first-order chi connectivity index (χ1) is 8.82. The molecule has 0 N–H and O–H groups in total. The molecule has 0 fully saturated rings. The first-order valence-electron chi connectivity index (χ1n) is 6.14. The second-order valence-electron chi connectivity index (χ2n) is 4.91. The fourth-order valence-corrected chi connectivity index (χ4v) is 3.65. The Hall–Kier alpha value is -1.62. The van der Waals surface area contributed by atoms with Crippen molar-refractivity contribution in [2.24, 2.45) is 0 Å². The molecule has 1 unspecified atom stereocenters. The van der Waals surface area contributed by atoms with E-state index in [1.165, 1.54) is 17.4 Å². The van der Waals surface area contributed by atoms with Gasteiger partial charge in [0.2, 0.25) is 0 Å². The average Bonchev–Trinajstić information content (AvgIpc) is 2.73. The molecule has 1 aliphatic rings. The summed E-state index contributed by atoms with van der Waals surface area (Å²) in [6, 6.07) is 6.51. The third kappa shape index (κ3) is 2.56. The molecule has 4 nitrogen and oxygen atoms in total. The zero-order chi connectivity index (χ0) is 14.2. The largest absolute Gasteiger partial charge is 0.295 e. The van der Waals surface area contributed by atoms with Crippen molar-refractivity contribution in [1.29, 1.82) is 0 Å². The standard InChI is InChI=1S/C14H17NO3S/c1-10-4-6-14(7-5-10)19(17,18)15-9-13(12(3)16)8-11(15)2/h4-7,9,11H,8H2,1-3H3. The van der Waals surface area contributed by atoms with Gasteiger partial charge in [-0.3, -0.25) is 9.10 Å². The zero-order valence-electron chi connectivity index (χ0n) is 11.3. The van der Waals surface area contributed by atoms with E-state index in [2.05, 4.69) is 0 Å². The molecule has 0 bridgehead atoms. The number of benzene rings is 1. The van der Waals surface area contributed by atoms with E-state index in [-0.39, 0.29) is 16.7 Å². The molecular formula is C14H17NO3S. The minimum atomic E-state index is -3.57. The second-order valence-corrected chi connectivity index (χ2v) is 6.75. The fourth-order valence-electron chi connectivity index (χ4n) is 2.11. The Morgan fingerprint density at radius 3 is 2.32 bits per heavy atom. The molecular weight excluding hydrogens is 262 g/mol. The lowest BCUT2D eigenvalue weighted by Crippen LogP contribution is -2.30. The van der Waals surface area contributed by atoms with Crippen molar-refractivity contribution in [3.63, 3.8) is 0 Å². The first kappa shape index (κ1) is 13.8. The Labute approximate surface area is 113 Å². The minimum absolute atomic E-state index is 0.0755. The van der Waals surface area contributed by atoms with Crippen LogP contribution in [0, 0.1) is 6.92 Å². The molecule has 0 aromatic heterocycles. The van der Waals surface area contributed by atoms with Crippen LogP contribution in [0.4, 0.5) is 0 Å². The molecule has 2 rings (SSSR count). The molecule has 1 heterocycles. The number of nitrogens with zero attached hydrogens (tertiary/aromatic N) is 1. The molecule has 1 atom stereocenters. The number of hydrogen-bond donors (Lipinski definition) is 0. The van der Waals surface area contributed by atoms with Gasteiger partial charge in [-0.15, -0.1) is 0 Å². The summed E-state index contributed by atoms with van der Waals surface area (Å²) in [6.45, 7) is 5.17. The van der Waals surface area contributed by atoms with Gasteiger partial charge in [-0.2, -0.15) is 0 Å². The molecule has 0 saturated carbocycles. The number of Topliss-reactive ketones (excluding diaryl/α,β-unsaturated/α-hetero) is 1. The van der Waals surface area contributed by atoms with Crippen molar-refractivity contribution in [2.75, 3.05) is 0 Å². The van der Waals surface area contributed by atoms with Crippen molar-refractivity contribution in [3.05, 3.63) is 41.6 Å². The lowest BCUT2D eigenvalue weighted by Gasteiger charge is -2.21. The van der Waals surface area contributed by atoms with Crippen LogP contribution in [-0.2, 0) is 14.8 Å². The molecule has 102 valence electrons. The van der Waals surface area contributed by atoms with Gasteiger partial charge >= 0.3 is 0 Å². The van der Waals surface area contributed by atoms with E-state index in [9.17, 15) is 13.2 Å². The molecule has 19 heavy (non-hydrogen) atoms. The van der Waals surface area contributed by atoms with Crippen LogP contribution in [0.25, 0.3) is 0 Å².